The van der Waals surface area contributed by atoms with Gasteiger partial charge in [0.25, 0.3) is 5.91 Å². The summed E-state index contributed by atoms with van der Waals surface area (Å²) in [6.07, 6.45) is -0.820. The molecule has 2 aliphatic heterocycles. The Morgan fingerprint density at radius 3 is 1.73 bits per heavy atom. The zero-order chi connectivity index (χ0) is 64.0. The minimum Gasteiger partial charge on any atom is -0.508 e. The summed E-state index contributed by atoms with van der Waals surface area (Å²) in [5.41, 5.74) is 0.0110. The van der Waals surface area contributed by atoms with Crippen molar-refractivity contribution < 1.29 is 73.7 Å². The second-order valence-corrected chi connectivity index (χ2v) is 23.1. The Balaban J connectivity index is 1.17. The van der Waals surface area contributed by atoms with Gasteiger partial charge in [0.15, 0.2) is 34.8 Å². The number of phenolic OH excluding ortho intramolecular Hbond substituents is 5. The number of carboxylic acid groups (broad SMARTS) is 1. The van der Waals surface area contributed by atoms with Crippen LogP contribution in [0.2, 0.25) is 30.1 Å². The van der Waals surface area contributed by atoms with Crippen LogP contribution >= 0.6 is 69.6 Å². The molecule has 7 aromatic carbocycles. The van der Waals surface area contributed by atoms with Crippen LogP contribution in [0, 0.1) is 0 Å². The van der Waals surface area contributed by atoms with Crippen molar-refractivity contribution in [2.75, 3.05) is 7.05 Å². The Bertz CT molecular complexity index is 4230. The number of Topliss-reactive ketones (excluding diaryl/α,β-unsaturated/α-hetero) is 1. The average Bonchev–Trinajstić information content (AvgIpc) is 2.18. The number of aromatic hydroxyl groups is 5. The second kappa shape index (κ2) is 25.4. The van der Waals surface area contributed by atoms with Crippen LogP contribution in [-0.4, -0.2) is 107 Å². The maximum absolute atomic E-state index is 15.8. The Labute approximate surface area is 532 Å². The van der Waals surface area contributed by atoms with E-state index in [0.29, 0.717) is 16.5 Å². The molecule has 0 radical (unpaired) electrons. The number of H-pyrrole nitrogens is 1. The number of halogens is 6. The molecule has 0 saturated heterocycles. The third kappa shape index (κ3) is 13.0. The van der Waals surface area contributed by atoms with Gasteiger partial charge in [-0.1, -0.05) is 112 Å². The number of fused-ring (bicyclic) bond motifs is 6. The molecular formula is C61H45Cl6N7O15. The van der Waals surface area contributed by atoms with E-state index in [9.17, 15) is 49.8 Å². The molecule has 1 aromatic heterocycles. The van der Waals surface area contributed by atoms with Crippen LogP contribution in [0.3, 0.4) is 0 Å². The molecule has 0 fully saturated rings. The van der Waals surface area contributed by atoms with Crippen molar-refractivity contribution in [2.45, 2.75) is 49.1 Å². The first kappa shape index (κ1) is 62.6. The van der Waals surface area contributed by atoms with Crippen molar-refractivity contribution >= 4 is 128 Å². The number of aliphatic carboxylic acids is 1. The minimum absolute atomic E-state index is 0.00556. The number of hydrogen-bond donors (Lipinski definition) is 12. The second-order valence-electron chi connectivity index (χ2n) is 20.6. The maximum atomic E-state index is 15.8. The van der Waals surface area contributed by atoms with Crippen molar-refractivity contribution in [2.24, 2.45) is 0 Å². The van der Waals surface area contributed by atoms with Gasteiger partial charge in [-0.15, -0.1) is 0 Å². The lowest BCUT2D eigenvalue weighted by Crippen LogP contribution is -2.54. The highest BCUT2D eigenvalue weighted by atomic mass is 35.5. The van der Waals surface area contributed by atoms with Crippen LogP contribution in [0.25, 0.3) is 22.0 Å². The minimum atomic E-state index is -2.08. The largest absolute Gasteiger partial charge is 0.508 e. The zero-order valence-electron chi connectivity index (χ0n) is 45.5. The zero-order valence-corrected chi connectivity index (χ0v) is 50.0. The van der Waals surface area contributed by atoms with Crippen molar-refractivity contribution in [3.63, 3.8) is 0 Å². The third-order valence-corrected chi connectivity index (χ3v) is 16.5. The van der Waals surface area contributed by atoms with Gasteiger partial charge in [-0.2, -0.15) is 0 Å². The van der Waals surface area contributed by atoms with Gasteiger partial charge in [0.2, 0.25) is 35.3 Å². The van der Waals surface area contributed by atoms with Gasteiger partial charge in [0.05, 0.1) is 35.7 Å². The first-order chi connectivity index (χ1) is 42.2. The molecule has 28 heteroatoms. The summed E-state index contributed by atoms with van der Waals surface area (Å²) in [7, 11) is 1.18. The quantitative estimate of drug-likeness (QED) is 0.0473. The Morgan fingerprint density at radius 2 is 1.13 bits per heavy atom. The number of ketones is 1. The number of ether oxygens (including phenoxy) is 1. The van der Waals surface area contributed by atoms with Gasteiger partial charge in [-0.25, -0.2) is 4.79 Å². The van der Waals surface area contributed by atoms with Crippen LogP contribution in [0.4, 0.5) is 0 Å². The predicted molar refractivity (Wildman–Crippen MR) is 326 cm³/mol. The van der Waals surface area contributed by atoms with Gasteiger partial charge in [-0.05, 0) is 107 Å². The van der Waals surface area contributed by atoms with Gasteiger partial charge in [0.1, 0.15) is 41.7 Å². The first-order valence-electron chi connectivity index (χ1n) is 26.4. The lowest BCUT2D eigenvalue weighted by atomic mass is 9.95. The molecule has 6 amide bonds. The van der Waals surface area contributed by atoms with E-state index in [1.54, 1.807) is 30.3 Å². The molecule has 3 heterocycles. The van der Waals surface area contributed by atoms with Crippen LogP contribution in [0.5, 0.6) is 40.2 Å². The molecule has 89 heavy (non-hydrogen) atoms. The highest BCUT2D eigenvalue weighted by molar-refractivity contribution is 6.45. The molecule has 6 unspecified atom stereocenters. The topological polar surface area (TPSA) is 346 Å². The summed E-state index contributed by atoms with van der Waals surface area (Å²) in [6, 6.07) is 15.0. The Kier molecular flexibility index (Phi) is 17.8. The molecule has 12 N–H and O–H groups in total. The van der Waals surface area contributed by atoms with Crippen LogP contribution < -0.4 is 31.3 Å². The standard InChI is InChI=1S/C61H45Cl6N7O15/c1-74-43(56(82)73-49(61(87)88)25-8-10-32(75)11-9-25)13-24-4-2-6-33(12-24)89-44-22-27-15-35(51(44)77)34-7-3-5-26-14-31(68-45(26)34)23-42(69-59(85)50(76)30-20-40(66)54(80)41(67)21-30)55(81)70-47(28-16-36(62)52(78)37(63)17-28)57(83)71-46(27)58(84)72-48(60(74)86)29-18-38(64)53(79)39(65)19-29/h2-12,14-22,42-43,46-49,68,75,77-80H,13,23H2,1H3,(H,69,85)(H,70,81)(H,71,83)(H,72,84)(H,73,82)(H,87,88). The predicted octanol–water partition coefficient (Wildman–Crippen LogP) is 9.20. The number of aromatic amines is 1. The Morgan fingerprint density at radius 1 is 0.596 bits per heavy atom. The number of carbonyl (C=O) groups excluding carboxylic acids is 7. The number of rotatable bonds is 9. The number of hydrogen-bond acceptors (Lipinski definition) is 14. The van der Waals surface area contributed by atoms with Crippen molar-refractivity contribution in [1.82, 2.24) is 36.5 Å². The van der Waals surface area contributed by atoms with Crippen molar-refractivity contribution in [3.8, 4) is 51.4 Å². The molecular weight excluding hydrogens is 1280 g/mol. The van der Waals surface area contributed by atoms with Gasteiger partial charge in [-0.3, -0.25) is 33.6 Å². The number of carboxylic acids is 1. The third-order valence-electron chi connectivity index (χ3n) is 14.8. The number of para-hydroxylation sites is 1. The number of benzene rings is 7. The molecule has 7 bridgehead atoms. The monoisotopic (exact) mass is 1330 g/mol. The van der Waals surface area contributed by atoms with E-state index >= 15 is 19.2 Å². The number of phenols is 5. The smallest absolute Gasteiger partial charge is 0.330 e. The van der Waals surface area contributed by atoms with Crippen molar-refractivity contribution in [1.29, 1.82) is 0 Å². The summed E-state index contributed by atoms with van der Waals surface area (Å²) < 4.78 is 6.47. The van der Waals surface area contributed by atoms with E-state index in [4.69, 9.17) is 74.3 Å². The first-order valence-corrected chi connectivity index (χ1v) is 28.7. The van der Waals surface area contributed by atoms with E-state index in [1.807, 2.05) is 0 Å². The van der Waals surface area contributed by atoms with E-state index < -0.39 is 133 Å². The van der Waals surface area contributed by atoms with E-state index in [1.165, 1.54) is 61.6 Å². The fraction of sp³-hybridized carbons (Fsp3) is 0.148. The molecule has 22 nitrogen and oxygen atoms in total. The van der Waals surface area contributed by atoms with E-state index in [0.717, 1.165) is 41.3 Å². The molecule has 0 aliphatic carbocycles. The van der Waals surface area contributed by atoms with Gasteiger partial charge < -0.3 is 71.8 Å². The average molecular weight is 1330 g/mol. The number of carbonyl (C=O) groups is 8. The van der Waals surface area contributed by atoms with E-state index in [2.05, 4.69) is 31.6 Å². The lowest BCUT2D eigenvalue weighted by Gasteiger charge is -2.33. The highest BCUT2D eigenvalue weighted by Crippen LogP contribution is 2.45. The summed E-state index contributed by atoms with van der Waals surface area (Å²) >= 11 is 38.0. The molecule has 6 atom stereocenters. The SMILES string of the molecule is CN1C(=O)C(c2cc(Cl)c(O)c(Cl)c2)NC(=O)C2NC(=O)C(c3cc(Cl)c(O)c(Cl)c3)NC(=O)C(NC(=O)C(=O)c3cc(Cl)c(O)c(Cl)c3)Cc3cc4cccc(c4[nH]3)-c3cc2cc(c3O)Oc2cccc(c2)CC1C(=O)NC(C(=O)O)c1ccc(O)cc1. The van der Waals surface area contributed by atoms with Crippen LogP contribution in [0.15, 0.2) is 121 Å². The number of likely N-dealkylation sites (N-methyl/N-ethyl adjacent to an activating group) is 1. The molecule has 10 rings (SSSR count). The summed E-state index contributed by atoms with van der Waals surface area (Å²) in [6.45, 7) is 0. The molecule has 0 spiro atoms. The van der Waals surface area contributed by atoms with Crippen LogP contribution in [0.1, 0.15) is 68.0 Å². The summed E-state index contributed by atoms with van der Waals surface area (Å²) in [5, 5.41) is 75.2. The van der Waals surface area contributed by atoms with Crippen molar-refractivity contribution in [3.05, 3.63) is 191 Å². The molecule has 0 saturated carbocycles. The Hall–Kier alpha value is -9.42. The number of nitrogens with zero attached hydrogens (tertiary/aromatic N) is 1. The normalized spacial score (nSPS) is 18.2. The molecule has 456 valence electrons. The van der Waals surface area contributed by atoms with Gasteiger partial charge >= 0.3 is 5.97 Å². The summed E-state index contributed by atoms with van der Waals surface area (Å²) in [4.78, 5) is 121. The lowest BCUT2D eigenvalue weighted by molar-refractivity contribution is -0.145. The highest BCUT2D eigenvalue weighted by Gasteiger charge is 2.40. The van der Waals surface area contributed by atoms with E-state index in [-0.39, 0.29) is 78.4 Å². The number of amides is 6. The van der Waals surface area contributed by atoms with Crippen LogP contribution in [-0.2, 0) is 46.4 Å². The maximum Gasteiger partial charge on any atom is 0.330 e. The molecule has 2 aliphatic rings. The number of aromatic nitrogens is 1. The number of nitrogens with one attached hydrogen (secondary N) is 6. The fourth-order valence-corrected chi connectivity index (χ4v) is 11.7. The fourth-order valence-electron chi connectivity index (χ4n) is 10.2. The molecule has 8 aromatic rings. The summed E-state index contributed by atoms with van der Waals surface area (Å²) in [5.74, 6) is -12.9. The van der Waals surface area contributed by atoms with Gasteiger partial charge in [0, 0.05) is 47.7 Å².